The van der Waals surface area contributed by atoms with Gasteiger partial charge in [-0.3, -0.25) is 4.98 Å². The minimum atomic E-state index is 0.537. The molecule has 0 aliphatic rings. The third kappa shape index (κ3) is 3.11. The molecule has 6 nitrogen and oxygen atoms in total. The number of aryl methyl sites for hydroxylation is 1. The van der Waals surface area contributed by atoms with Crippen LogP contribution < -0.4 is 5.32 Å². The van der Waals surface area contributed by atoms with E-state index in [0.29, 0.717) is 11.8 Å². The van der Waals surface area contributed by atoms with Crippen molar-refractivity contribution in [3.05, 3.63) is 54.2 Å². The van der Waals surface area contributed by atoms with Gasteiger partial charge in [0.1, 0.15) is 0 Å². The predicted octanol–water partition coefficient (Wildman–Crippen LogP) is 3.70. The molecule has 120 valence electrons. The van der Waals surface area contributed by atoms with E-state index in [2.05, 4.69) is 25.5 Å². The molecule has 0 aliphatic heterocycles. The van der Waals surface area contributed by atoms with E-state index in [0.717, 1.165) is 33.9 Å². The van der Waals surface area contributed by atoms with Crippen molar-refractivity contribution in [1.29, 1.82) is 0 Å². The third-order valence-corrected chi connectivity index (χ3v) is 4.58. The molecule has 4 aromatic rings. The van der Waals surface area contributed by atoms with Crippen molar-refractivity contribution < 1.29 is 4.42 Å². The van der Waals surface area contributed by atoms with Gasteiger partial charge < -0.3 is 9.73 Å². The first-order chi connectivity index (χ1) is 11.8. The van der Waals surface area contributed by atoms with Gasteiger partial charge >= 0.3 is 0 Å². The van der Waals surface area contributed by atoms with Crippen LogP contribution in [0.15, 0.2) is 47.1 Å². The second kappa shape index (κ2) is 6.37. The van der Waals surface area contributed by atoms with Gasteiger partial charge in [0.25, 0.3) is 0 Å². The van der Waals surface area contributed by atoms with Gasteiger partial charge in [-0.1, -0.05) is 11.3 Å². The first-order valence-electron chi connectivity index (χ1n) is 7.62. The summed E-state index contributed by atoms with van der Waals surface area (Å²) < 4.78 is 6.57. The van der Waals surface area contributed by atoms with E-state index in [-0.39, 0.29) is 0 Å². The number of benzene rings is 1. The molecule has 3 aromatic heterocycles. The highest BCUT2D eigenvalue weighted by Gasteiger charge is 2.09. The monoisotopic (exact) mass is 337 g/mol. The zero-order valence-corrected chi connectivity index (χ0v) is 13.9. The van der Waals surface area contributed by atoms with Crippen molar-refractivity contribution in [2.45, 2.75) is 13.3 Å². The van der Waals surface area contributed by atoms with Gasteiger partial charge in [0.15, 0.2) is 5.13 Å². The summed E-state index contributed by atoms with van der Waals surface area (Å²) in [5, 5.41) is 12.2. The number of nitrogens with one attached hydrogen (secondary N) is 1. The summed E-state index contributed by atoms with van der Waals surface area (Å²) in [6.07, 6.45) is 4.56. The van der Waals surface area contributed by atoms with Gasteiger partial charge in [-0.15, -0.1) is 10.2 Å². The second-order valence-electron chi connectivity index (χ2n) is 5.36. The number of hydrogen-bond acceptors (Lipinski definition) is 7. The Morgan fingerprint density at radius 2 is 2.00 bits per heavy atom. The summed E-state index contributed by atoms with van der Waals surface area (Å²) in [6.45, 7) is 2.62. The lowest BCUT2D eigenvalue weighted by Crippen LogP contribution is -2.04. The van der Waals surface area contributed by atoms with E-state index in [1.54, 1.807) is 18.3 Å². The van der Waals surface area contributed by atoms with Gasteiger partial charge in [0.05, 0.1) is 10.2 Å². The second-order valence-corrected chi connectivity index (χ2v) is 6.39. The molecule has 7 heteroatoms. The van der Waals surface area contributed by atoms with E-state index < -0.39 is 0 Å². The van der Waals surface area contributed by atoms with Crippen molar-refractivity contribution in [2.75, 3.05) is 11.9 Å². The van der Waals surface area contributed by atoms with Crippen molar-refractivity contribution in [3.8, 4) is 11.5 Å². The Morgan fingerprint density at radius 3 is 2.79 bits per heavy atom. The molecule has 0 unspecified atom stereocenters. The fourth-order valence-electron chi connectivity index (χ4n) is 2.41. The first kappa shape index (κ1) is 14.8. The quantitative estimate of drug-likeness (QED) is 0.598. The molecule has 0 bridgehead atoms. The summed E-state index contributed by atoms with van der Waals surface area (Å²) in [5.74, 6) is 1.10. The molecule has 3 heterocycles. The van der Waals surface area contributed by atoms with Crippen LogP contribution in [0.2, 0.25) is 0 Å². The highest BCUT2D eigenvalue weighted by atomic mass is 32.1. The van der Waals surface area contributed by atoms with Crippen molar-refractivity contribution >= 4 is 26.7 Å². The molecule has 0 fully saturated rings. The Bertz CT molecular complexity index is 963. The molecular weight excluding hydrogens is 322 g/mol. The zero-order valence-electron chi connectivity index (χ0n) is 13.1. The van der Waals surface area contributed by atoms with Gasteiger partial charge in [-0.25, -0.2) is 4.98 Å². The topological polar surface area (TPSA) is 76.7 Å². The maximum absolute atomic E-state index is 5.48. The minimum Gasteiger partial charge on any atom is -0.421 e. The molecule has 1 N–H and O–H groups in total. The number of hydrogen-bond donors (Lipinski definition) is 1. The van der Waals surface area contributed by atoms with Crippen LogP contribution in [0.5, 0.6) is 0 Å². The summed E-state index contributed by atoms with van der Waals surface area (Å²) in [7, 11) is 0. The van der Waals surface area contributed by atoms with Crippen LogP contribution in [0.4, 0.5) is 5.13 Å². The normalized spacial score (nSPS) is 11.0. The van der Waals surface area contributed by atoms with Crippen LogP contribution >= 0.6 is 11.3 Å². The zero-order chi connectivity index (χ0) is 16.4. The lowest BCUT2D eigenvalue weighted by Gasteiger charge is -2.01. The third-order valence-electron chi connectivity index (χ3n) is 3.60. The van der Waals surface area contributed by atoms with E-state index >= 15 is 0 Å². The molecule has 1 aromatic carbocycles. The van der Waals surface area contributed by atoms with Crippen LogP contribution in [0.3, 0.4) is 0 Å². The van der Waals surface area contributed by atoms with Crippen LogP contribution in [0, 0.1) is 6.92 Å². The van der Waals surface area contributed by atoms with Gasteiger partial charge in [-0.2, -0.15) is 0 Å². The lowest BCUT2D eigenvalue weighted by molar-refractivity contribution is 0.533. The Kier molecular flexibility index (Phi) is 3.92. The predicted molar refractivity (Wildman–Crippen MR) is 94.1 cm³/mol. The Balaban J connectivity index is 1.49. The van der Waals surface area contributed by atoms with E-state index in [9.17, 15) is 0 Å². The maximum Gasteiger partial charge on any atom is 0.247 e. The summed E-state index contributed by atoms with van der Waals surface area (Å²) in [4.78, 5) is 8.64. The standard InChI is InChI=1S/C17H15N5OS/c1-11-21-22-16(23-11)13-2-3-14-15(10-13)24-17(20-14)19-9-6-12-4-7-18-8-5-12/h2-5,7-8,10H,6,9H2,1H3,(H,19,20). The van der Waals surface area contributed by atoms with Gasteiger partial charge in [-0.05, 0) is 42.3 Å². The van der Waals surface area contributed by atoms with E-state index in [1.165, 1.54) is 5.56 Å². The lowest BCUT2D eigenvalue weighted by atomic mass is 10.2. The van der Waals surface area contributed by atoms with E-state index in [4.69, 9.17) is 4.42 Å². The number of fused-ring (bicyclic) bond motifs is 1. The molecular formula is C17H15N5OS. The minimum absolute atomic E-state index is 0.537. The van der Waals surface area contributed by atoms with Crippen LogP contribution in [0.1, 0.15) is 11.5 Å². The SMILES string of the molecule is Cc1nnc(-c2ccc3nc(NCCc4ccncc4)sc3c2)o1. The molecule has 0 aliphatic carbocycles. The van der Waals surface area contributed by atoms with E-state index in [1.807, 2.05) is 42.7 Å². The summed E-state index contributed by atoms with van der Waals surface area (Å²) in [5.41, 5.74) is 3.13. The molecule has 24 heavy (non-hydrogen) atoms. The number of thiazole rings is 1. The van der Waals surface area contributed by atoms with Crippen molar-refractivity contribution in [1.82, 2.24) is 20.2 Å². The average molecular weight is 337 g/mol. The number of aromatic nitrogens is 4. The molecule has 0 amide bonds. The molecule has 0 spiro atoms. The summed E-state index contributed by atoms with van der Waals surface area (Å²) in [6, 6.07) is 10.0. The molecule has 0 radical (unpaired) electrons. The van der Waals surface area contributed by atoms with Crippen molar-refractivity contribution in [3.63, 3.8) is 0 Å². The first-order valence-corrected chi connectivity index (χ1v) is 8.43. The molecule has 0 saturated heterocycles. The highest BCUT2D eigenvalue weighted by Crippen LogP contribution is 2.30. The molecule has 4 rings (SSSR count). The largest absolute Gasteiger partial charge is 0.421 e. The fourth-order valence-corrected chi connectivity index (χ4v) is 3.34. The van der Waals surface area contributed by atoms with Gasteiger partial charge in [0.2, 0.25) is 11.8 Å². The number of pyridine rings is 1. The Hall–Kier alpha value is -2.80. The number of anilines is 1. The number of nitrogens with zero attached hydrogens (tertiary/aromatic N) is 4. The number of rotatable bonds is 5. The van der Waals surface area contributed by atoms with Gasteiger partial charge in [0, 0.05) is 31.4 Å². The van der Waals surface area contributed by atoms with Crippen LogP contribution in [-0.2, 0) is 6.42 Å². The average Bonchev–Trinajstić information content (AvgIpc) is 3.21. The smallest absolute Gasteiger partial charge is 0.247 e. The molecule has 0 atom stereocenters. The van der Waals surface area contributed by atoms with Crippen molar-refractivity contribution in [2.24, 2.45) is 0 Å². The summed E-state index contributed by atoms with van der Waals surface area (Å²) >= 11 is 1.62. The fraction of sp³-hybridized carbons (Fsp3) is 0.176. The maximum atomic E-state index is 5.48. The Morgan fingerprint density at radius 1 is 1.12 bits per heavy atom. The van der Waals surface area contributed by atoms with Crippen LogP contribution in [-0.4, -0.2) is 26.7 Å². The van der Waals surface area contributed by atoms with Crippen LogP contribution in [0.25, 0.3) is 21.7 Å². The molecule has 0 saturated carbocycles. The Labute approximate surface area is 142 Å². The highest BCUT2D eigenvalue weighted by molar-refractivity contribution is 7.22.